The van der Waals surface area contributed by atoms with Crippen LogP contribution in [0.2, 0.25) is 0 Å². The van der Waals surface area contributed by atoms with Crippen molar-refractivity contribution in [2.75, 3.05) is 13.1 Å². The van der Waals surface area contributed by atoms with Gasteiger partial charge in [-0.15, -0.1) is 0 Å². The second-order valence-electron chi connectivity index (χ2n) is 12.5. The van der Waals surface area contributed by atoms with Crippen LogP contribution in [0.3, 0.4) is 0 Å². The Labute approximate surface area is 225 Å². The van der Waals surface area contributed by atoms with E-state index in [9.17, 15) is 28.8 Å². The van der Waals surface area contributed by atoms with Gasteiger partial charge in [0.2, 0.25) is 5.91 Å². The first-order valence-corrected chi connectivity index (χ1v) is 13.5. The van der Waals surface area contributed by atoms with Gasteiger partial charge in [0.1, 0.15) is 0 Å². The zero-order valence-electron chi connectivity index (χ0n) is 23.8. The number of hydrogen-bond acceptors (Lipinski definition) is 6. The van der Waals surface area contributed by atoms with Gasteiger partial charge in [0.05, 0.1) is 17.6 Å². The first-order chi connectivity index (χ1) is 17.5. The van der Waals surface area contributed by atoms with Crippen molar-refractivity contribution in [3.63, 3.8) is 0 Å². The second-order valence-corrected chi connectivity index (χ2v) is 12.5. The maximum absolute atomic E-state index is 12.8. The van der Waals surface area contributed by atoms with Crippen molar-refractivity contribution in [3.8, 4) is 0 Å². The molecular weight excluding hydrogens is 486 g/mol. The van der Waals surface area contributed by atoms with E-state index in [4.69, 9.17) is 5.11 Å². The number of hydrogen-bond donors (Lipinski definition) is 1. The van der Waals surface area contributed by atoms with Crippen LogP contribution in [0.4, 0.5) is 0 Å². The molecule has 8 nitrogen and oxygen atoms in total. The fourth-order valence-electron chi connectivity index (χ4n) is 5.53. The fourth-order valence-corrected chi connectivity index (χ4v) is 5.53. The summed E-state index contributed by atoms with van der Waals surface area (Å²) in [6, 6.07) is 0. The number of aliphatic carboxylic acids is 1. The van der Waals surface area contributed by atoms with Crippen molar-refractivity contribution in [2.24, 2.45) is 10.8 Å². The molecule has 0 aromatic carbocycles. The van der Waals surface area contributed by atoms with Gasteiger partial charge in [-0.05, 0) is 50.4 Å². The molecule has 0 saturated heterocycles. The molecule has 0 aromatic rings. The quantitative estimate of drug-likeness (QED) is 0.301. The summed E-state index contributed by atoms with van der Waals surface area (Å²) < 4.78 is 0. The van der Waals surface area contributed by atoms with E-state index in [1.807, 2.05) is 27.7 Å². The number of carboxylic acid groups (broad SMARTS) is 1. The largest absolute Gasteiger partial charge is 0.481 e. The molecule has 0 radical (unpaired) electrons. The second kappa shape index (κ2) is 12.8. The Kier molecular flexibility index (Phi) is 10.5. The molecule has 0 bridgehead atoms. The summed E-state index contributed by atoms with van der Waals surface area (Å²) in [5.41, 5.74) is 1.38. The van der Waals surface area contributed by atoms with E-state index in [0.717, 1.165) is 11.1 Å². The number of amides is 1. The number of carbonyl (C=O) groups excluding carboxylic acids is 5. The zero-order chi connectivity index (χ0) is 28.8. The van der Waals surface area contributed by atoms with Crippen LogP contribution < -0.4 is 0 Å². The van der Waals surface area contributed by atoms with Crippen LogP contribution in [0.5, 0.6) is 0 Å². The predicted molar refractivity (Wildman–Crippen MR) is 143 cm³/mol. The monoisotopic (exact) mass is 529 g/mol. The minimum absolute atomic E-state index is 0.117. The van der Waals surface area contributed by atoms with Crippen molar-refractivity contribution in [1.82, 2.24) is 4.90 Å². The van der Waals surface area contributed by atoms with E-state index in [0.29, 0.717) is 75.6 Å². The molecule has 2 aliphatic carbocycles. The number of carbonyl (C=O) groups is 6. The van der Waals surface area contributed by atoms with Gasteiger partial charge in [0.25, 0.3) is 0 Å². The molecule has 0 aromatic heterocycles. The number of nitrogens with zero attached hydrogens (tertiary/aromatic N) is 1. The maximum atomic E-state index is 12.8. The molecule has 2 aliphatic rings. The van der Waals surface area contributed by atoms with Crippen LogP contribution >= 0.6 is 0 Å². The van der Waals surface area contributed by atoms with E-state index in [-0.39, 0.29) is 52.7 Å². The van der Waals surface area contributed by atoms with E-state index in [1.165, 1.54) is 0 Å². The Morgan fingerprint density at radius 2 is 1.00 bits per heavy atom. The summed E-state index contributed by atoms with van der Waals surface area (Å²) in [6.45, 7) is 11.9. The summed E-state index contributed by atoms with van der Waals surface area (Å²) in [7, 11) is 0. The zero-order valence-corrected chi connectivity index (χ0v) is 23.8. The van der Waals surface area contributed by atoms with Crippen LogP contribution in [-0.2, 0) is 28.8 Å². The van der Waals surface area contributed by atoms with Gasteiger partial charge in [-0.25, -0.2) is 0 Å². The molecule has 1 N–H and O–H groups in total. The molecule has 0 spiro atoms. The lowest BCUT2D eigenvalue weighted by molar-refractivity contribution is -0.141. The number of rotatable bonds is 11. The highest BCUT2D eigenvalue weighted by atomic mass is 16.4. The first-order valence-electron chi connectivity index (χ1n) is 13.5. The molecule has 1 amide bonds. The highest BCUT2D eigenvalue weighted by Gasteiger charge is 2.37. The first kappa shape index (κ1) is 31.3. The van der Waals surface area contributed by atoms with Crippen LogP contribution in [0.15, 0.2) is 22.3 Å². The number of allylic oxidation sites excluding steroid dienone is 4. The van der Waals surface area contributed by atoms with Crippen molar-refractivity contribution >= 4 is 35.0 Å². The van der Waals surface area contributed by atoms with Gasteiger partial charge in [0.15, 0.2) is 23.1 Å². The van der Waals surface area contributed by atoms with Gasteiger partial charge in [0, 0.05) is 45.2 Å². The Morgan fingerprint density at radius 1 is 0.658 bits per heavy atom. The topological polar surface area (TPSA) is 126 Å². The highest BCUT2D eigenvalue weighted by Crippen LogP contribution is 2.36. The van der Waals surface area contributed by atoms with Crippen LogP contribution in [0.1, 0.15) is 106 Å². The standard InChI is InChI=1S/C30H43NO7/c1-19(27-21(32)15-29(3,4)16-22(27)33)9-7-13-31(25(36)11-12-26(37)38)14-8-10-20(2)28-23(34)17-30(5,6)18-24(28)35/h7-18H2,1-6H3,(H,37,38). The van der Waals surface area contributed by atoms with E-state index >= 15 is 0 Å². The summed E-state index contributed by atoms with van der Waals surface area (Å²) in [5.74, 6) is -1.84. The van der Waals surface area contributed by atoms with Crippen molar-refractivity contribution in [1.29, 1.82) is 0 Å². The molecule has 2 rings (SSSR count). The van der Waals surface area contributed by atoms with E-state index in [1.54, 1.807) is 18.7 Å². The summed E-state index contributed by atoms with van der Waals surface area (Å²) in [6.07, 6.45) is 2.99. The third kappa shape index (κ3) is 8.84. The molecule has 0 unspecified atom stereocenters. The van der Waals surface area contributed by atoms with Gasteiger partial charge in [-0.2, -0.15) is 0 Å². The SMILES string of the molecule is CC(CCCN(CCCC(C)=C1C(=O)CC(C)(C)CC1=O)C(=O)CCC(=O)O)=C1C(=O)CC(C)(C)CC1=O. The molecule has 2 fully saturated rings. The number of carboxylic acids is 1. The fraction of sp³-hybridized carbons (Fsp3) is 0.667. The van der Waals surface area contributed by atoms with Gasteiger partial charge in [-0.1, -0.05) is 38.8 Å². The molecule has 8 heteroatoms. The lowest BCUT2D eigenvalue weighted by Crippen LogP contribution is -2.34. The van der Waals surface area contributed by atoms with Gasteiger partial charge < -0.3 is 10.0 Å². The minimum Gasteiger partial charge on any atom is -0.481 e. The lowest BCUT2D eigenvalue weighted by Gasteiger charge is -2.30. The van der Waals surface area contributed by atoms with Crippen LogP contribution in [-0.4, -0.2) is 58.1 Å². The molecule has 0 atom stereocenters. The smallest absolute Gasteiger partial charge is 0.303 e. The van der Waals surface area contributed by atoms with Gasteiger partial charge >= 0.3 is 5.97 Å². The Bertz CT molecular complexity index is 960. The summed E-state index contributed by atoms with van der Waals surface area (Å²) in [5, 5.41) is 8.99. The molecule has 0 heterocycles. The number of Topliss-reactive ketones (excluding diaryl/α,β-unsaturated/α-hetero) is 4. The average molecular weight is 530 g/mol. The van der Waals surface area contributed by atoms with Crippen LogP contribution in [0, 0.1) is 10.8 Å². The maximum Gasteiger partial charge on any atom is 0.303 e. The van der Waals surface area contributed by atoms with Crippen molar-refractivity contribution in [3.05, 3.63) is 22.3 Å². The molecular formula is C30H43NO7. The Balaban J connectivity index is 2.04. The minimum atomic E-state index is -1.05. The Hall–Kier alpha value is -2.90. The highest BCUT2D eigenvalue weighted by molar-refractivity contribution is 6.23. The normalized spacial score (nSPS) is 19.0. The molecule has 38 heavy (non-hydrogen) atoms. The van der Waals surface area contributed by atoms with Gasteiger partial charge in [-0.3, -0.25) is 28.8 Å². The predicted octanol–water partition coefficient (Wildman–Crippen LogP) is 4.79. The third-order valence-corrected chi connectivity index (χ3v) is 7.39. The lowest BCUT2D eigenvalue weighted by atomic mass is 9.73. The summed E-state index contributed by atoms with van der Waals surface area (Å²) >= 11 is 0. The van der Waals surface area contributed by atoms with Crippen LogP contribution in [0.25, 0.3) is 0 Å². The summed E-state index contributed by atoms with van der Waals surface area (Å²) in [4.78, 5) is 75.7. The van der Waals surface area contributed by atoms with E-state index < -0.39 is 5.97 Å². The van der Waals surface area contributed by atoms with Crippen molar-refractivity contribution < 1.29 is 33.9 Å². The average Bonchev–Trinajstić information content (AvgIpc) is 2.73. The Morgan fingerprint density at radius 3 is 1.32 bits per heavy atom. The number of ketones is 4. The van der Waals surface area contributed by atoms with Crippen molar-refractivity contribution in [2.45, 2.75) is 106 Å². The molecule has 0 aliphatic heterocycles. The molecule has 210 valence electrons. The third-order valence-electron chi connectivity index (χ3n) is 7.39. The van der Waals surface area contributed by atoms with E-state index in [2.05, 4.69) is 0 Å². The molecule has 2 saturated carbocycles.